The van der Waals surface area contributed by atoms with Crippen LogP contribution >= 0.6 is 15.9 Å². The van der Waals surface area contributed by atoms with Gasteiger partial charge in [0.25, 0.3) is 0 Å². The highest BCUT2D eigenvalue weighted by Crippen LogP contribution is 2.23. The van der Waals surface area contributed by atoms with E-state index in [9.17, 15) is 8.42 Å². The highest BCUT2D eigenvalue weighted by molar-refractivity contribution is 9.10. The zero-order chi connectivity index (χ0) is 13.8. The first-order valence-electron chi connectivity index (χ1n) is 5.59. The van der Waals surface area contributed by atoms with E-state index in [4.69, 9.17) is 10.8 Å². The molecular formula is C11H17BrN2O3S. The lowest BCUT2D eigenvalue weighted by Crippen LogP contribution is -2.35. The first kappa shape index (κ1) is 15.4. The van der Waals surface area contributed by atoms with Gasteiger partial charge < -0.3 is 10.8 Å². The van der Waals surface area contributed by atoms with Crippen molar-refractivity contribution in [2.24, 2.45) is 0 Å². The number of nitrogens with one attached hydrogen (secondary N) is 1. The Morgan fingerprint density at radius 2 is 2.17 bits per heavy atom. The van der Waals surface area contributed by atoms with Gasteiger partial charge in [-0.1, -0.05) is 6.92 Å². The topological polar surface area (TPSA) is 92.4 Å². The molecule has 5 nitrogen and oxygen atoms in total. The Kier molecular flexibility index (Phi) is 5.58. The second kappa shape index (κ2) is 6.51. The number of halogens is 1. The summed E-state index contributed by atoms with van der Waals surface area (Å²) in [5, 5.41) is 8.86. The molecule has 0 aliphatic heterocycles. The fourth-order valence-electron chi connectivity index (χ4n) is 1.46. The van der Waals surface area contributed by atoms with Crippen LogP contribution in [0.2, 0.25) is 0 Å². The van der Waals surface area contributed by atoms with E-state index in [1.807, 2.05) is 6.92 Å². The molecule has 0 saturated heterocycles. The molecule has 1 aromatic carbocycles. The average Bonchev–Trinajstić information content (AvgIpc) is 2.31. The van der Waals surface area contributed by atoms with Gasteiger partial charge in [-0.05, 0) is 47.0 Å². The highest BCUT2D eigenvalue weighted by atomic mass is 79.9. The molecule has 0 fully saturated rings. The Hall–Kier alpha value is -0.630. The van der Waals surface area contributed by atoms with E-state index in [1.54, 1.807) is 0 Å². The molecule has 0 aromatic heterocycles. The van der Waals surface area contributed by atoms with Crippen LogP contribution in [0.4, 0.5) is 5.69 Å². The van der Waals surface area contributed by atoms with Crippen molar-refractivity contribution in [1.29, 1.82) is 0 Å². The first-order valence-corrected chi connectivity index (χ1v) is 7.86. The molecule has 18 heavy (non-hydrogen) atoms. The van der Waals surface area contributed by atoms with Crippen molar-refractivity contribution < 1.29 is 13.5 Å². The van der Waals surface area contributed by atoms with Gasteiger partial charge >= 0.3 is 0 Å². The lowest BCUT2D eigenvalue weighted by Gasteiger charge is -2.16. The van der Waals surface area contributed by atoms with Crippen molar-refractivity contribution in [3.05, 3.63) is 22.7 Å². The van der Waals surface area contributed by atoms with E-state index in [-0.39, 0.29) is 17.5 Å². The number of aliphatic hydroxyl groups is 1. The molecule has 7 heteroatoms. The molecule has 0 aliphatic carbocycles. The summed E-state index contributed by atoms with van der Waals surface area (Å²) in [4.78, 5) is 0.153. The van der Waals surface area contributed by atoms with Crippen molar-refractivity contribution in [1.82, 2.24) is 4.72 Å². The fourth-order valence-corrected chi connectivity index (χ4v) is 3.37. The molecule has 0 bridgehead atoms. The van der Waals surface area contributed by atoms with E-state index in [0.29, 0.717) is 23.0 Å². The van der Waals surface area contributed by atoms with E-state index in [0.717, 1.165) is 0 Å². The maximum Gasteiger partial charge on any atom is 0.240 e. The van der Waals surface area contributed by atoms with Crippen molar-refractivity contribution in [2.75, 3.05) is 12.3 Å². The maximum absolute atomic E-state index is 12.1. The van der Waals surface area contributed by atoms with Crippen molar-refractivity contribution in [2.45, 2.75) is 30.7 Å². The molecule has 4 N–H and O–H groups in total. The molecule has 1 aromatic rings. The molecular weight excluding hydrogens is 320 g/mol. The van der Waals surface area contributed by atoms with Gasteiger partial charge in [0.2, 0.25) is 10.0 Å². The molecule has 1 atom stereocenters. The van der Waals surface area contributed by atoms with E-state index in [1.165, 1.54) is 18.2 Å². The van der Waals surface area contributed by atoms with Crippen LogP contribution in [0.3, 0.4) is 0 Å². The number of hydrogen-bond acceptors (Lipinski definition) is 4. The Morgan fingerprint density at radius 3 is 2.67 bits per heavy atom. The van der Waals surface area contributed by atoms with Gasteiger partial charge in [0.15, 0.2) is 0 Å². The maximum atomic E-state index is 12.1. The van der Waals surface area contributed by atoms with E-state index < -0.39 is 10.0 Å². The summed E-state index contributed by atoms with van der Waals surface area (Å²) < 4.78 is 27.3. The molecule has 0 radical (unpaired) electrons. The summed E-state index contributed by atoms with van der Waals surface area (Å²) in [6, 6.07) is 4.18. The third kappa shape index (κ3) is 3.94. The minimum absolute atomic E-state index is 0.0491. The summed E-state index contributed by atoms with van der Waals surface area (Å²) in [5.74, 6) is 0. The van der Waals surface area contributed by atoms with Crippen molar-refractivity contribution >= 4 is 31.6 Å². The quantitative estimate of drug-likeness (QED) is 0.686. The largest absolute Gasteiger partial charge is 0.398 e. The van der Waals surface area contributed by atoms with Crippen LogP contribution in [-0.4, -0.2) is 26.2 Å². The van der Waals surface area contributed by atoms with Gasteiger partial charge in [-0.2, -0.15) is 0 Å². The lowest BCUT2D eigenvalue weighted by molar-refractivity contribution is 0.270. The number of nitrogen functional groups attached to an aromatic ring is 1. The number of nitrogens with two attached hydrogens (primary N) is 1. The Bertz CT molecular complexity index is 505. The zero-order valence-corrected chi connectivity index (χ0v) is 12.5. The van der Waals surface area contributed by atoms with Crippen molar-refractivity contribution in [3.8, 4) is 0 Å². The predicted octanol–water partition coefficient (Wildman–Crippen LogP) is 1.47. The van der Waals surface area contributed by atoms with Gasteiger partial charge in [-0.25, -0.2) is 13.1 Å². The smallest absolute Gasteiger partial charge is 0.240 e. The predicted molar refractivity (Wildman–Crippen MR) is 74.7 cm³/mol. The SMILES string of the molecule is CCC(CCO)NS(=O)(=O)c1ccc(N)c(Br)c1. The Labute approximate surface area is 116 Å². The minimum Gasteiger partial charge on any atom is -0.398 e. The molecule has 1 unspecified atom stereocenters. The minimum atomic E-state index is -3.58. The van der Waals surface area contributed by atoms with Gasteiger partial charge in [-0.15, -0.1) is 0 Å². The van der Waals surface area contributed by atoms with E-state index >= 15 is 0 Å². The molecule has 0 spiro atoms. The fraction of sp³-hybridized carbons (Fsp3) is 0.455. The zero-order valence-electron chi connectivity index (χ0n) is 10.1. The number of hydrogen-bond donors (Lipinski definition) is 3. The van der Waals surface area contributed by atoms with Crippen LogP contribution in [0.15, 0.2) is 27.6 Å². The summed E-state index contributed by atoms with van der Waals surface area (Å²) >= 11 is 3.20. The van der Waals surface area contributed by atoms with Crippen LogP contribution in [-0.2, 0) is 10.0 Å². The Balaban J connectivity index is 2.95. The second-order valence-corrected chi connectivity index (χ2v) is 6.49. The Morgan fingerprint density at radius 1 is 1.50 bits per heavy atom. The summed E-state index contributed by atoms with van der Waals surface area (Å²) in [6.45, 7) is 1.81. The van der Waals surface area contributed by atoms with E-state index in [2.05, 4.69) is 20.7 Å². The summed E-state index contributed by atoms with van der Waals surface area (Å²) in [6.07, 6.45) is 1.02. The number of benzene rings is 1. The third-order valence-electron chi connectivity index (χ3n) is 2.57. The summed E-state index contributed by atoms with van der Waals surface area (Å²) in [5.41, 5.74) is 6.09. The molecule has 0 heterocycles. The average molecular weight is 337 g/mol. The third-order valence-corrected chi connectivity index (χ3v) is 4.78. The van der Waals surface area contributed by atoms with Gasteiger partial charge in [0.05, 0.1) is 4.90 Å². The lowest BCUT2D eigenvalue weighted by atomic mass is 10.2. The van der Waals surface area contributed by atoms with Crippen LogP contribution < -0.4 is 10.5 Å². The van der Waals surface area contributed by atoms with Crippen LogP contribution in [0.25, 0.3) is 0 Å². The van der Waals surface area contributed by atoms with Crippen LogP contribution in [0.1, 0.15) is 19.8 Å². The van der Waals surface area contributed by atoms with Gasteiger partial charge in [0.1, 0.15) is 0 Å². The van der Waals surface area contributed by atoms with Crippen LogP contribution in [0, 0.1) is 0 Å². The van der Waals surface area contributed by atoms with Gasteiger partial charge in [-0.3, -0.25) is 0 Å². The summed E-state index contributed by atoms with van der Waals surface area (Å²) in [7, 11) is -3.58. The molecule has 0 amide bonds. The number of anilines is 1. The normalized spacial score (nSPS) is 13.5. The van der Waals surface area contributed by atoms with Crippen molar-refractivity contribution in [3.63, 3.8) is 0 Å². The highest BCUT2D eigenvalue weighted by Gasteiger charge is 2.19. The molecule has 0 aliphatic rings. The molecule has 0 saturated carbocycles. The first-order chi connectivity index (χ1) is 8.40. The molecule has 1 rings (SSSR count). The van der Waals surface area contributed by atoms with Crippen LogP contribution in [0.5, 0.6) is 0 Å². The monoisotopic (exact) mass is 336 g/mol. The number of aliphatic hydroxyl groups excluding tert-OH is 1. The van der Waals surface area contributed by atoms with Gasteiger partial charge in [0, 0.05) is 22.8 Å². The molecule has 102 valence electrons. The number of sulfonamides is 1. The standard InChI is InChI=1S/C11H17BrN2O3S/c1-2-8(5-6-15)14-18(16,17)9-3-4-11(13)10(12)7-9/h3-4,7-8,14-15H,2,5-6,13H2,1H3. The number of rotatable bonds is 6. The second-order valence-electron chi connectivity index (χ2n) is 3.92.